The molecule has 1 spiro atoms. The maximum Gasteiger partial charge on any atom is 0.193 e. The Morgan fingerprint density at radius 2 is 2.14 bits per heavy atom. The fourth-order valence-corrected chi connectivity index (χ4v) is 4.73. The molecule has 1 N–H and O–H groups in total. The van der Waals surface area contributed by atoms with Crippen molar-refractivity contribution in [2.45, 2.75) is 39.0 Å². The van der Waals surface area contributed by atoms with Crippen LogP contribution in [0.4, 0.5) is 0 Å². The first-order chi connectivity index (χ1) is 13.7. The Labute approximate surface area is 168 Å². The van der Waals surface area contributed by atoms with Crippen LogP contribution in [0.3, 0.4) is 0 Å². The summed E-state index contributed by atoms with van der Waals surface area (Å²) in [4.78, 5) is 9.41. The molecular formula is C22H34N4O2. The van der Waals surface area contributed by atoms with Crippen LogP contribution < -0.4 is 5.32 Å². The third kappa shape index (κ3) is 4.67. The molecule has 154 valence electrons. The number of guanidine groups is 1. The Balaban J connectivity index is 1.31. The zero-order valence-electron chi connectivity index (χ0n) is 17.3. The zero-order chi connectivity index (χ0) is 19.4. The van der Waals surface area contributed by atoms with Crippen LogP contribution in [0.1, 0.15) is 30.9 Å². The minimum absolute atomic E-state index is 0.330. The highest BCUT2D eigenvalue weighted by molar-refractivity contribution is 5.80. The Morgan fingerprint density at radius 3 is 2.93 bits per heavy atom. The van der Waals surface area contributed by atoms with Gasteiger partial charge in [-0.15, -0.1) is 0 Å². The molecule has 1 aromatic carbocycles. The molecule has 0 bridgehead atoms. The van der Waals surface area contributed by atoms with Crippen molar-refractivity contribution in [1.29, 1.82) is 0 Å². The smallest absolute Gasteiger partial charge is 0.193 e. The lowest BCUT2D eigenvalue weighted by Gasteiger charge is -2.31. The van der Waals surface area contributed by atoms with Gasteiger partial charge in [-0.3, -0.25) is 9.89 Å². The van der Waals surface area contributed by atoms with E-state index in [1.807, 2.05) is 7.05 Å². The van der Waals surface area contributed by atoms with E-state index < -0.39 is 0 Å². The summed E-state index contributed by atoms with van der Waals surface area (Å²) in [5.74, 6) is 1.01. The van der Waals surface area contributed by atoms with Crippen molar-refractivity contribution in [1.82, 2.24) is 15.1 Å². The standard InChI is InChI=1S/C22H34N4O2/c1-18-14-25(9-11-28-18)15-20-5-3-4-19(12-20)13-24-21(23-2)26-8-6-22(16-26)7-10-27-17-22/h3-5,12,18H,6-11,13-17H2,1-2H3,(H,23,24). The minimum Gasteiger partial charge on any atom is -0.381 e. The number of hydrogen-bond acceptors (Lipinski definition) is 4. The Kier molecular flexibility index (Phi) is 6.19. The SMILES string of the molecule is CN=C(NCc1cccc(CN2CCOC(C)C2)c1)N1CCC2(CCOC2)C1. The van der Waals surface area contributed by atoms with E-state index in [9.17, 15) is 0 Å². The van der Waals surface area contributed by atoms with Gasteiger partial charge < -0.3 is 19.7 Å². The molecule has 3 fully saturated rings. The molecule has 2 unspecified atom stereocenters. The van der Waals surface area contributed by atoms with E-state index in [4.69, 9.17) is 9.47 Å². The lowest BCUT2D eigenvalue weighted by atomic mass is 9.87. The van der Waals surface area contributed by atoms with Crippen molar-refractivity contribution in [3.8, 4) is 0 Å². The van der Waals surface area contributed by atoms with Crippen LogP contribution in [-0.2, 0) is 22.6 Å². The number of morpholine rings is 1. The largest absolute Gasteiger partial charge is 0.381 e. The summed E-state index contributed by atoms with van der Waals surface area (Å²) in [5.41, 5.74) is 3.03. The van der Waals surface area contributed by atoms with Gasteiger partial charge in [0.2, 0.25) is 0 Å². The molecule has 0 saturated carbocycles. The van der Waals surface area contributed by atoms with Gasteiger partial charge in [0.15, 0.2) is 5.96 Å². The minimum atomic E-state index is 0.330. The molecule has 3 aliphatic heterocycles. The summed E-state index contributed by atoms with van der Waals surface area (Å²) in [5, 5.41) is 3.57. The molecule has 3 saturated heterocycles. The number of likely N-dealkylation sites (tertiary alicyclic amines) is 1. The highest BCUT2D eigenvalue weighted by Crippen LogP contribution is 2.38. The van der Waals surface area contributed by atoms with E-state index in [-0.39, 0.29) is 0 Å². The highest BCUT2D eigenvalue weighted by atomic mass is 16.5. The second-order valence-electron chi connectivity index (χ2n) is 8.61. The van der Waals surface area contributed by atoms with E-state index >= 15 is 0 Å². The van der Waals surface area contributed by atoms with Gasteiger partial charge in [0.05, 0.1) is 19.3 Å². The topological polar surface area (TPSA) is 49.3 Å². The third-order valence-corrected chi connectivity index (χ3v) is 6.31. The van der Waals surface area contributed by atoms with Gasteiger partial charge in [0.25, 0.3) is 0 Å². The Morgan fingerprint density at radius 1 is 1.25 bits per heavy atom. The molecule has 0 amide bonds. The molecule has 6 heteroatoms. The van der Waals surface area contributed by atoms with Crippen LogP contribution in [0.15, 0.2) is 29.3 Å². The number of rotatable bonds is 4. The normalized spacial score (nSPS) is 29.0. The van der Waals surface area contributed by atoms with Gasteiger partial charge in [-0.2, -0.15) is 0 Å². The van der Waals surface area contributed by atoms with Gasteiger partial charge in [0.1, 0.15) is 0 Å². The summed E-state index contributed by atoms with van der Waals surface area (Å²) in [6, 6.07) is 8.90. The van der Waals surface area contributed by atoms with Gasteiger partial charge >= 0.3 is 0 Å². The second-order valence-corrected chi connectivity index (χ2v) is 8.61. The highest BCUT2D eigenvalue weighted by Gasteiger charge is 2.42. The Hall–Kier alpha value is -1.63. The molecule has 28 heavy (non-hydrogen) atoms. The van der Waals surface area contributed by atoms with Gasteiger partial charge in [-0.1, -0.05) is 24.3 Å². The number of benzene rings is 1. The molecule has 6 nitrogen and oxygen atoms in total. The van der Waals surface area contributed by atoms with Crippen LogP contribution in [0.2, 0.25) is 0 Å². The molecule has 2 atom stereocenters. The van der Waals surface area contributed by atoms with Crippen LogP contribution in [0, 0.1) is 5.41 Å². The van der Waals surface area contributed by atoms with E-state index in [0.717, 1.165) is 65.0 Å². The third-order valence-electron chi connectivity index (χ3n) is 6.31. The van der Waals surface area contributed by atoms with E-state index in [2.05, 4.69) is 51.3 Å². The van der Waals surface area contributed by atoms with Crippen molar-refractivity contribution in [3.63, 3.8) is 0 Å². The molecule has 0 aromatic heterocycles. The number of nitrogens with one attached hydrogen (secondary N) is 1. The Bertz CT molecular complexity index is 687. The lowest BCUT2D eigenvalue weighted by Crippen LogP contribution is -2.41. The molecule has 1 aromatic rings. The predicted molar refractivity (Wildman–Crippen MR) is 111 cm³/mol. The fraction of sp³-hybridized carbons (Fsp3) is 0.682. The number of ether oxygens (including phenoxy) is 2. The molecule has 3 aliphatic rings. The molecule has 4 rings (SSSR count). The van der Waals surface area contributed by atoms with Crippen molar-refractivity contribution >= 4 is 5.96 Å². The number of aliphatic imine (C=N–C) groups is 1. The van der Waals surface area contributed by atoms with Gasteiger partial charge in [0, 0.05) is 58.3 Å². The fourth-order valence-electron chi connectivity index (χ4n) is 4.73. The number of nitrogens with zero attached hydrogens (tertiary/aromatic N) is 3. The van der Waals surface area contributed by atoms with Crippen molar-refractivity contribution in [2.24, 2.45) is 10.4 Å². The first-order valence-electron chi connectivity index (χ1n) is 10.6. The van der Waals surface area contributed by atoms with Gasteiger partial charge in [-0.05, 0) is 30.9 Å². The van der Waals surface area contributed by atoms with Crippen LogP contribution >= 0.6 is 0 Å². The second kappa shape index (κ2) is 8.80. The maximum atomic E-state index is 5.66. The lowest BCUT2D eigenvalue weighted by molar-refractivity contribution is -0.0212. The summed E-state index contributed by atoms with van der Waals surface area (Å²) in [7, 11) is 1.88. The monoisotopic (exact) mass is 386 g/mol. The van der Waals surface area contributed by atoms with Crippen molar-refractivity contribution < 1.29 is 9.47 Å². The average Bonchev–Trinajstić information content (AvgIpc) is 3.33. The molecule has 0 aliphatic carbocycles. The average molecular weight is 387 g/mol. The number of hydrogen-bond donors (Lipinski definition) is 1. The van der Waals surface area contributed by atoms with E-state index in [0.29, 0.717) is 11.5 Å². The summed E-state index contributed by atoms with van der Waals surface area (Å²) < 4.78 is 11.3. The van der Waals surface area contributed by atoms with E-state index in [1.54, 1.807) is 0 Å². The maximum absolute atomic E-state index is 5.66. The molecular weight excluding hydrogens is 352 g/mol. The van der Waals surface area contributed by atoms with Crippen LogP contribution in [-0.4, -0.2) is 74.9 Å². The summed E-state index contributed by atoms with van der Waals surface area (Å²) >= 11 is 0. The molecule has 3 heterocycles. The summed E-state index contributed by atoms with van der Waals surface area (Å²) in [6.07, 6.45) is 2.72. The summed E-state index contributed by atoms with van der Waals surface area (Å²) in [6.45, 7) is 10.7. The van der Waals surface area contributed by atoms with Gasteiger partial charge in [-0.25, -0.2) is 0 Å². The van der Waals surface area contributed by atoms with E-state index in [1.165, 1.54) is 24.0 Å². The van der Waals surface area contributed by atoms with Crippen molar-refractivity contribution in [3.05, 3.63) is 35.4 Å². The zero-order valence-corrected chi connectivity index (χ0v) is 17.3. The van der Waals surface area contributed by atoms with Crippen molar-refractivity contribution in [2.75, 3.05) is 53.0 Å². The first kappa shape index (κ1) is 19.7. The first-order valence-corrected chi connectivity index (χ1v) is 10.6. The van der Waals surface area contributed by atoms with Crippen LogP contribution in [0.5, 0.6) is 0 Å². The van der Waals surface area contributed by atoms with Crippen LogP contribution in [0.25, 0.3) is 0 Å². The predicted octanol–water partition coefficient (Wildman–Crippen LogP) is 2.10. The quantitative estimate of drug-likeness (QED) is 0.634. The molecule has 0 radical (unpaired) electrons.